The predicted octanol–water partition coefficient (Wildman–Crippen LogP) is 4.10. The number of nitrogens with one attached hydrogen (secondary N) is 1. The first-order valence-corrected chi connectivity index (χ1v) is 9.00. The molecule has 0 bridgehead atoms. The van der Waals surface area contributed by atoms with Crippen LogP contribution in [0, 0.1) is 0 Å². The van der Waals surface area contributed by atoms with Crippen LogP contribution in [0.5, 0.6) is 0 Å². The van der Waals surface area contributed by atoms with Gasteiger partial charge in [-0.05, 0) is 48.0 Å². The third-order valence-electron chi connectivity index (χ3n) is 2.98. The fourth-order valence-corrected chi connectivity index (χ4v) is 2.75. The van der Waals surface area contributed by atoms with E-state index in [1.54, 1.807) is 6.08 Å². The average Bonchev–Trinajstić information content (AvgIpc) is 2.54. The third-order valence-corrected chi connectivity index (χ3v) is 4.91. The number of amides is 1. The molecule has 2 rings (SSSR count). The molecule has 4 nitrogen and oxygen atoms in total. The lowest BCUT2D eigenvalue weighted by atomic mass is 10.2. The summed E-state index contributed by atoms with van der Waals surface area (Å²) in [5.41, 5.74) is 1.13. The second-order valence-electron chi connectivity index (χ2n) is 4.70. The van der Waals surface area contributed by atoms with E-state index in [0.717, 1.165) is 22.2 Å². The van der Waals surface area contributed by atoms with Gasteiger partial charge in [-0.2, -0.15) is 8.78 Å². The Bertz CT molecular complexity index is 848. The molecule has 0 aliphatic carbocycles. The summed E-state index contributed by atoms with van der Waals surface area (Å²) in [5, 5.41) is 2.51. The Morgan fingerprint density at radius 1 is 1.04 bits per heavy atom. The minimum Gasteiger partial charge on any atom is -0.323 e. The van der Waals surface area contributed by atoms with Crippen molar-refractivity contribution in [2.45, 2.75) is 10.7 Å². The highest BCUT2D eigenvalue weighted by Gasteiger charge is 2.26. The average molecular weight is 416 g/mol. The second kappa shape index (κ2) is 7.67. The fraction of sp³-hybridized carbons (Fsp3) is 0.0625. The molecular weight excluding hydrogens is 404 g/mol. The van der Waals surface area contributed by atoms with E-state index in [4.69, 9.17) is 0 Å². The van der Waals surface area contributed by atoms with Crippen LogP contribution in [0.25, 0.3) is 6.08 Å². The maximum Gasteiger partial charge on any atom is 0.341 e. The summed E-state index contributed by atoms with van der Waals surface area (Å²) in [5.74, 6) is -3.91. The first-order chi connectivity index (χ1) is 11.3. The molecule has 8 heteroatoms. The maximum atomic E-state index is 12.4. The van der Waals surface area contributed by atoms with Crippen LogP contribution in [-0.2, 0) is 14.6 Å². The van der Waals surface area contributed by atoms with Crippen molar-refractivity contribution in [2.75, 3.05) is 5.32 Å². The molecule has 0 radical (unpaired) electrons. The van der Waals surface area contributed by atoms with Crippen molar-refractivity contribution in [1.29, 1.82) is 0 Å². The maximum absolute atomic E-state index is 12.4. The molecule has 0 saturated heterocycles. The molecule has 2 aromatic rings. The minimum atomic E-state index is -4.64. The summed E-state index contributed by atoms with van der Waals surface area (Å²) in [6.07, 6.45) is 2.92. The number of benzene rings is 2. The zero-order valence-electron chi connectivity index (χ0n) is 12.1. The highest BCUT2D eigenvalue weighted by Crippen LogP contribution is 2.20. The molecule has 1 N–H and O–H groups in total. The van der Waals surface area contributed by atoms with Crippen molar-refractivity contribution in [1.82, 2.24) is 0 Å². The summed E-state index contributed by atoms with van der Waals surface area (Å²) >= 11 is 3.31. The zero-order chi connectivity index (χ0) is 17.7. The number of halogens is 3. The van der Waals surface area contributed by atoms with Crippen molar-refractivity contribution in [3.63, 3.8) is 0 Å². The van der Waals surface area contributed by atoms with Crippen LogP contribution in [-0.4, -0.2) is 20.1 Å². The summed E-state index contributed by atoms with van der Waals surface area (Å²) in [7, 11) is -4.64. The Labute approximate surface area is 146 Å². The normalized spacial score (nSPS) is 11.8. The number of carbonyl (C=O) groups excluding carboxylic acids is 1. The summed E-state index contributed by atoms with van der Waals surface area (Å²) in [6.45, 7) is 0. The Hall–Kier alpha value is -2.06. The van der Waals surface area contributed by atoms with Gasteiger partial charge in [-0.15, -0.1) is 0 Å². The summed E-state index contributed by atoms with van der Waals surface area (Å²) in [6, 6.07) is 11.8. The van der Waals surface area contributed by atoms with Gasteiger partial charge in [0, 0.05) is 16.2 Å². The molecule has 0 heterocycles. The molecule has 0 aliphatic rings. The van der Waals surface area contributed by atoms with Crippen molar-refractivity contribution in [3.05, 3.63) is 64.6 Å². The molecule has 0 atom stereocenters. The van der Waals surface area contributed by atoms with E-state index < -0.39 is 26.4 Å². The molecule has 0 saturated carbocycles. The van der Waals surface area contributed by atoms with Crippen molar-refractivity contribution in [3.8, 4) is 0 Å². The van der Waals surface area contributed by atoms with Crippen LogP contribution in [0.2, 0.25) is 0 Å². The zero-order valence-corrected chi connectivity index (χ0v) is 14.5. The number of carbonyl (C=O) groups is 1. The van der Waals surface area contributed by atoms with Gasteiger partial charge in [0.1, 0.15) is 0 Å². The van der Waals surface area contributed by atoms with Gasteiger partial charge in [0.15, 0.2) is 0 Å². The molecule has 1 amide bonds. The first-order valence-electron chi connectivity index (χ1n) is 6.66. The first kappa shape index (κ1) is 18.3. The molecule has 126 valence electrons. The van der Waals surface area contributed by atoms with Gasteiger partial charge in [0.05, 0.1) is 4.90 Å². The topological polar surface area (TPSA) is 63.2 Å². The highest BCUT2D eigenvalue weighted by molar-refractivity contribution is 9.10. The Morgan fingerprint density at radius 3 is 2.17 bits per heavy atom. The summed E-state index contributed by atoms with van der Waals surface area (Å²) < 4.78 is 48.4. The molecule has 0 aliphatic heterocycles. The molecule has 0 spiro atoms. The van der Waals surface area contributed by atoms with E-state index in [-0.39, 0.29) is 0 Å². The third kappa shape index (κ3) is 4.72. The molecule has 0 fully saturated rings. The van der Waals surface area contributed by atoms with E-state index >= 15 is 0 Å². The minimum absolute atomic E-state index is 0.300. The standard InChI is InChI=1S/C16H12BrF2NO3S/c17-12-4-1-11(2-5-12)3-10-15(21)20-13-6-8-14(9-7-13)24(22,23)16(18)19/h1-10,16H,(H,20,21)/b10-3+. The highest BCUT2D eigenvalue weighted by atomic mass is 79.9. The van der Waals surface area contributed by atoms with Crippen LogP contribution in [0.3, 0.4) is 0 Å². The van der Waals surface area contributed by atoms with Gasteiger partial charge < -0.3 is 5.32 Å². The Kier molecular flexibility index (Phi) is 5.84. The van der Waals surface area contributed by atoms with E-state index in [1.165, 1.54) is 18.2 Å². The Morgan fingerprint density at radius 2 is 1.62 bits per heavy atom. The Balaban J connectivity index is 2.03. The monoisotopic (exact) mass is 415 g/mol. The van der Waals surface area contributed by atoms with Crippen LogP contribution in [0.1, 0.15) is 5.56 Å². The van der Waals surface area contributed by atoms with E-state index in [0.29, 0.717) is 5.69 Å². The number of rotatable bonds is 5. The van der Waals surface area contributed by atoms with Crippen LogP contribution < -0.4 is 5.32 Å². The van der Waals surface area contributed by atoms with Gasteiger partial charge in [0.25, 0.3) is 0 Å². The SMILES string of the molecule is O=C(/C=C/c1ccc(Br)cc1)Nc1ccc(S(=O)(=O)C(F)F)cc1. The molecule has 24 heavy (non-hydrogen) atoms. The van der Waals surface area contributed by atoms with Gasteiger partial charge in [0.2, 0.25) is 15.7 Å². The lowest BCUT2D eigenvalue weighted by Crippen LogP contribution is -2.12. The molecular formula is C16H12BrF2NO3S. The largest absolute Gasteiger partial charge is 0.341 e. The van der Waals surface area contributed by atoms with Crippen molar-refractivity contribution < 1.29 is 22.0 Å². The number of alkyl halides is 2. The fourth-order valence-electron chi connectivity index (χ4n) is 1.76. The van der Waals surface area contributed by atoms with E-state index in [9.17, 15) is 22.0 Å². The van der Waals surface area contributed by atoms with Crippen LogP contribution in [0.4, 0.5) is 14.5 Å². The smallest absolute Gasteiger partial charge is 0.323 e. The summed E-state index contributed by atoms with van der Waals surface area (Å²) in [4.78, 5) is 11.3. The number of sulfone groups is 1. The molecule has 0 aromatic heterocycles. The van der Waals surface area contributed by atoms with Gasteiger partial charge >= 0.3 is 5.76 Å². The van der Waals surface area contributed by atoms with E-state index in [2.05, 4.69) is 21.2 Å². The van der Waals surface area contributed by atoms with E-state index in [1.807, 2.05) is 24.3 Å². The van der Waals surface area contributed by atoms with Crippen molar-refractivity contribution >= 4 is 43.4 Å². The van der Waals surface area contributed by atoms with Gasteiger partial charge in [-0.3, -0.25) is 4.79 Å². The van der Waals surface area contributed by atoms with Crippen molar-refractivity contribution in [2.24, 2.45) is 0 Å². The molecule has 2 aromatic carbocycles. The number of anilines is 1. The van der Waals surface area contributed by atoms with Gasteiger partial charge in [-0.1, -0.05) is 28.1 Å². The second-order valence-corrected chi connectivity index (χ2v) is 7.54. The number of hydrogen-bond donors (Lipinski definition) is 1. The lowest BCUT2D eigenvalue weighted by Gasteiger charge is -2.05. The quantitative estimate of drug-likeness (QED) is 0.747. The van der Waals surface area contributed by atoms with Crippen LogP contribution in [0.15, 0.2) is 64.0 Å². The molecule has 0 unspecified atom stereocenters. The van der Waals surface area contributed by atoms with Crippen LogP contribution >= 0.6 is 15.9 Å². The predicted molar refractivity (Wildman–Crippen MR) is 91.4 cm³/mol. The lowest BCUT2D eigenvalue weighted by molar-refractivity contribution is -0.111. The van der Waals surface area contributed by atoms with Gasteiger partial charge in [-0.25, -0.2) is 8.42 Å². The number of hydrogen-bond acceptors (Lipinski definition) is 3.